The fraction of sp³-hybridized carbons (Fsp3) is 0.238. The lowest BCUT2D eigenvalue weighted by Crippen LogP contribution is -2.25. The average Bonchev–Trinajstić information content (AvgIpc) is 2.68. The summed E-state index contributed by atoms with van der Waals surface area (Å²) in [6, 6.07) is 11.3. The normalized spacial score (nSPS) is 10.9. The van der Waals surface area contributed by atoms with Gasteiger partial charge in [-0.05, 0) is 36.8 Å². The van der Waals surface area contributed by atoms with E-state index in [4.69, 9.17) is 4.74 Å². The van der Waals surface area contributed by atoms with E-state index in [2.05, 4.69) is 4.98 Å². The Morgan fingerprint density at radius 3 is 2.46 bits per heavy atom. The molecular weight excluding hydrogens is 382 g/mol. The molecule has 28 heavy (non-hydrogen) atoms. The lowest BCUT2D eigenvalue weighted by Gasteiger charge is -2.13. The van der Waals surface area contributed by atoms with E-state index in [9.17, 15) is 13.6 Å². The van der Waals surface area contributed by atoms with Gasteiger partial charge in [-0.3, -0.25) is 9.36 Å². The van der Waals surface area contributed by atoms with Gasteiger partial charge in [-0.2, -0.15) is 0 Å². The van der Waals surface area contributed by atoms with Crippen LogP contribution in [0.5, 0.6) is 5.75 Å². The smallest absolute Gasteiger partial charge is 0.257 e. The molecule has 1 heterocycles. The number of methoxy groups -OCH3 is 1. The lowest BCUT2D eigenvalue weighted by molar-refractivity contribution is 0.414. The Hall–Kier alpha value is -2.67. The van der Waals surface area contributed by atoms with Crippen molar-refractivity contribution >= 4 is 11.8 Å². The minimum Gasteiger partial charge on any atom is -0.497 e. The summed E-state index contributed by atoms with van der Waals surface area (Å²) < 4.78 is 34.3. The summed E-state index contributed by atoms with van der Waals surface area (Å²) >= 11 is 1.13. The SMILES string of the molecule is COc1cccc(Cc2c(C)nc(SCc3c(F)cccc3F)n(C)c2=O)c1. The number of rotatable bonds is 6. The molecule has 0 amide bonds. The standard InChI is InChI=1S/C21H20F2N2O2S/c1-13-16(11-14-6-4-7-15(10-14)27-3)20(26)25(2)21(24-13)28-12-17-18(22)8-5-9-19(17)23/h4-10H,11-12H2,1-3H3. The fourth-order valence-electron chi connectivity index (χ4n) is 2.86. The van der Waals surface area contributed by atoms with Gasteiger partial charge in [0.15, 0.2) is 5.16 Å². The Morgan fingerprint density at radius 1 is 1.11 bits per heavy atom. The van der Waals surface area contributed by atoms with E-state index < -0.39 is 11.6 Å². The molecule has 3 rings (SSSR count). The van der Waals surface area contributed by atoms with Crippen molar-refractivity contribution < 1.29 is 13.5 Å². The molecule has 4 nitrogen and oxygen atoms in total. The quantitative estimate of drug-likeness (QED) is 0.457. The van der Waals surface area contributed by atoms with Crippen LogP contribution in [-0.2, 0) is 19.2 Å². The monoisotopic (exact) mass is 402 g/mol. The van der Waals surface area contributed by atoms with Gasteiger partial charge in [0.05, 0.1) is 7.11 Å². The summed E-state index contributed by atoms with van der Waals surface area (Å²) in [6.45, 7) is 1.77. The van der Waals surface area contributed by atoms with Gasteiger partial charge in [0.25, 0.3) is 5.56 Å². The second-order valence-corrected chi connectivity index (χ2v) is 7.28. The van der Waals surface area contributed by atoms with Gasteiger partial charge in [-0.1, -0.05) is 30.0 Å². The van der Waals surface area contributed by atoms with Crippen molar-refractivity contribution in [2.75, 3.05) is 7.11 Å². The summed E-state index contributed by atoms with van der Waals surface area (Å²) in [5.41, 5.74) is 1.92. The molecule has 0 spiro atoms. The van der Waals surface area contributed by atoms with Gasteiger partial charge in [0, 0.05) is 36.0 Å². The van der Waals surface area contributed by atoms with Gasteiger partial charge in [-0.25, -0.2) is 13.8 Å². The zero-order valence-corrected chi connectivity index (χ0v) is 16.6. The molecule has 0 saturated heterocycles. The molecule has 0 aliphatic rings. The number of ether oxygens (including phenoxy) is 1. The molecule has 2 aromatic carbocycles. The van der Waals surface area contributed by atoms with Gasteiger partial charge in [0.2, 0.25) is 0 Å². The number of hydrogen-bond donors (Lipinski definition) is 0. The summed E-state index contributed by atoms with van der Waals surface area (Å²) in [6.07, 6.45) is 0.426. The van der Waals surface area contributed by atoms with Crippen molar-refractivity contribution in [2.45, 2.75) is 24.3 Å². The van der Waals surface area contributed by atoms with Gasteiger partial charge >= 0.3 is 0 Å². The topological polar surface area (TPSA) is 44.1 Å². The number of nitrogens with zero attached hydrogens (tertiary/aromatic N) is 2. The maximum absolute atomic E-state index is 13.8. The van der Waals surface area contributed by atoms with Crippen LogP contribution in [0.2, 0.25) is 0 Å². The third-order valence-electron chi connectivity index (χ3n) is 4.47. The average molecular weight is 402 g/mol. The highest BCUT2D eigenvalue weighted by Gasteiger charge is 2.15. The van der Waals surface area contributed by atoms with Crippen LogP contribution in [0, 0.1) is 18.6 Å². The predicted molar refractivity (Wildman–Crippen MR) is 106 cm³/mol. The Labute approximate surface area is 166 Å². The first-order valence-electron chi connectivity index (χ1n) is 8.65. The summed E-state index contributed by atoms with van der Waals surface area (Å²) in [5.74, 6) is -0.445. The molecule has 1 aromatic heterocycles. The number of aryl methyl sites for hydroxylation is 1. The van der Waals surface area contributed by atoms with Crippen LogP contribution >= 0.6 is 11.8 Å². The minimum atomic E-state index is -0.608. The van der Waals surface area contributed by atoms with Crippen LogP contribution in [-0.4, -0.2) is 16.7 Å². The molecule has 0 atom stereocenters. The van der Waals surface area contributed by atoms with E-state index in [-0.39, 0.29) is 16.9 Å². The number of benzene rings is 2. The van der Waals surface area contributed by atoms with Crippen LogP contribution in [0.4, 0.5) is 8.78 Å². The summed E-state index contributed by atoms with van der Waals surface area (Å²) in [7, 11) is 3.21. The van der Waals surface area contributed by atoms with Crippen molar-refractivity contribution in [1.82, 2.24) is 9.55 Å². The molecular formula is C21H20F2N2O2S. The molecule has 0 fully saturated rings. The van der Waals surface area contributed by atoms with Crippen LogP contribution in [0.25, 0.3) is 0 Å². The molecule has 0 aliphatic heterocycles. The van der Waals surface area contributed by atoms with Crippen molar-refractivity contribution in [3.8, 4) is 5.75 Å². The Balaban J connectivity index is 1.87. The highest BCUT2D eigenvalue weighted by atomic mass is 32.2. The first-order chi connectivity index (χ1) is 13.4. The van der Waals surface area contributed by atoms with Gasteiger partial charge in [-0.15, -0.1) is 0 Å². The highest BCUT2D eigenvalue weighted by molar-refractivity contribution is 7.98. The first kappa shape index (κ1) is 20.1. The van der Waals surface area contributed by atoms with Crippen LogP contribution in [0.3, 0.4) is 0 Å². The third kappa shape index (κ3) is 4.25. The van der Waals surface area contributed by atoms with Gasteiger partial charge in [0.1, 0.15) is 17.4 Å². The Kier molecular flexibility index (Phi) is 6.14. The van der Waals surface area contributed by atoms with Crippen LogP contribution < -0.4 is 10.3 Å². The van der Waals surface area contributed by atoms with E-state index in [0.717, 1.165) is 23.1 Å². The van der Waals surface area contributed by atoms with Crippen LogP contribution in [0.15, 0.2) is 52.4 Å². The number of aromatic nitrogens is 2. The van der Waals surface area contributed by atoms with Crippen LogP contribution in [0.1, 0.15) is 22.4 Å². The van der Waals surface area contributed by atoms with Crippen molar-refractivity contribution in [3.05, 3.63) is 86.8 Å². The Morgan fingerprint density at radius 2 is 1.79 bits per heavy atom. The second kappa shape index (κ2) is 8.56. The number of hydrogen-bond acceptors (Lipinski definition) is 4. The molecule has 146 valence electrons. The van der Waals surface area contributed by atoms with Crippen molar-refractivity contribution in [2.24, 2.45) is 7.05 Å². The van der Waals surface area contributed by atoms with Gasteiger partial charge < -0.3 is 4.74 Å². The lowest BCUT2D eigenvalue weighted by atomic mass is 10.0. The summed E-state index contributed by atoms with van der Waals surface area (Å²) in [4.78, 5) is 17.3. The van der Waals surface area contributed by atoms with Crippen molar-refractivity contribution in [3.63, 3.8) is 0 Å². The van der Waals surface area contributed by atoms with Crippen molar-refractivity contribution in [1.29, 1.82) is 0 Å². The van der Waals surface area contributed by atoms with E-state index in [1.807, 2.05) is 24.3 Å². The molecule has 0 saturated carbocycles. The minimum absolute atomic E-state index is 0.0279. The predicted octanol–water partition coefficient (Wildman–Crippen LogP) is 4.26. The zero-order chi connectivity index (χ0) is 20.3. The maximum Gasteiger partial charge on any atom is 0.257 e. The number of halogens is 2. The molecule has 0 bridgehead atoms. The van der Waals surface area contributed by atoms with E-state index in [1.54, 1.807) is 21.1 Å². The zero-order valence-electron chi connectivity index (χ0n) is 15.8. The maximum atomic E-state index is 13.8. The molecule has 0 unspecified atom stereocenters. The van der Waals surface area contributed by atoms with E-state index >= 15 is 0 Å². The Bertz CT molecular complexity index is 1050. The molecule has 0 N–H and O–H groups in total. The number of thioether (sulfide) groups is 1. The first-order valence-corrected chi connectivity index (χ1v) is 9.64. The molecule has 3 aromatic rings. The highest BCUT2D eigenvalue weighted by Crippen LogP contribution is 2.24. The molecule has 0 radical (unpaired) electrons. The van der Waals surface area contributed by atoms with E-state index in [1.165, 1.54) is 22.8 Å². The summed E-state index contributed by atoms with van der Waals surface area (Å²) in [5, 5.41) is 0.416. The second-order valence-electron chi connectivity index (χ2n) is 6.34. The molecule has 7 heteroatoms. The third-order valence-corrected chi connectivity index (χ3v) is 5.53. The largest absolute Gasteiger partial charge is 0.497 e. The van der Waals surface area contributed by atoms with E-state index in [0.29, 0.717) is 22.8 Å². The molecule has 0 aliphatic carbocycles. The fourth-order valence-corrected chi connectivity index (χ4v) is 3.88.